The number of hydrogen-bond donors (Lipinski definition) is 2. The number of carbonyl (C=O) groups excluding carboxylic acids is 1. The van der Waals surface area contributed by atoms with Crippen molar-refractivity contribution in [1.29, 1.82) is 0 Å². The molecule has 116 valence electrons. The Bertz CT molecular complexity index is 516. The number of rotatable bonds is 5. The summed E-state index contributed by atoms with van der Waals surface area (Å²) in [5.41, 5.74) is 4.64. The molecule has 0 bridgehead atoms. The standard InChI is InChI=1S/C16H23NO4/c1-5-16(13(18)19,14(20)21-15(2,3)4)10-11-6-8-12(17)9-7-11/h6-9H,5,10,17H2,1-4H3,(H,18,19)/t16-/m0/s1. The fraction of sp³-hybridized carbons (Fsp3) is 0.500. The third kappa shape index (κ3) is 4.21. The Hall–Kier alpha value is -2.04. The third-order valence-corrected chi connectivity index (χ3v) is 3.29. The molecule has 0 aliphatic carbocycles. The molecule has 0 heterocycles. The zero-order valence-corrected chi connectivity index (χ0v) is 13.0. The van der Waals surface area contributed by atoms with Gasteiger partial charge in [-0.2, -0.15) is 0 Å². The molecule has 5 heteroatoms. The first-order valence-corrected chi connectivity index (χ1v) is 6.92. The van der Waals surface area contributed by atoms with Gasteiger partial charge < -0.3 is 15.6 Å². The molecule has 0 aromatic heterocycles. The van der Waals surface area contributed by atoms with Crippen LogP contribution in [0.1, 0.15) is 39.7 Å². The van der Waals surface area contributed by atoms with Crippen LogP contribution in [0.4, 0.5) is 5.69 Å². The van der Waals surface area contributed by atoms with E-state index >= 15 is 0 Å². The van der Waals surface area contributed by atoms with Gasteiger partial charge in [0.25, 0.3) is 0 Å². The molecule has 1 rings (SSSR count). The molecule has 0 saturated carbocycles. The van der Waals surface area contributed by atoms with Crippen molar-refractivity contribution in [2.75, 3.05) is 5.73 Å². The minimum absolute atomic E-state index is 0.0774. The predicted octanol–water partition coefficient (Wildman–Crippen LogP) is 2.63. The molecule has 0 unspecified atom stereocenters. The van der Waals surface area contributed by atoms with Crippen LogP contribution < -0.4 is 5.73 Å². The zero-order chi connectivity index (χ0) is 16.3. The van der Waals surface area contributed by atoms with Crippen molar-refractivity contribution in [3.8, 4) is 0 Å². The summed E-state index contributed by atoms with van der Waals surface area (Å²) in [4.78, 5) is 24.1. The molecule has 0 aliphatic rings. The molecular weight excluding hydrogens is 270 g/mol. The van der Waals surface area contributed by atoms with Crippen molar-refractivity contribution >= 4 is 17.6 Å². The number of aliphatic carboxylic acids is 1. The van der Waals surface area contributed by atoms with Crippen LogP contribution in [0.2, 0.25) is 0 Å². The van der Waals surface area contributed by atoms with Gasteiger partial charge in [-0.3, -0.25) is 9.59 Å². The molecule has 0 fully saturated rings. The Balaban J connectivity index is 3.12. The van der Waals surface area contributed by atoms with Crippen LogP contribution in [0.3, 0.4) is 0 Å². The fourth-order valence-electron chi connectivity index (χ4n) is 2.02. The Labute approximate surface area is 125 Å². The Morgan fingerprint density at radius 3 is 2.10 bits per heavy atom. The van der Waals surface area contributed by atoms with Gasteiger partial charge in [-0.1, -0.05) is 19.1 Å². The van der Waals surface area contributed by atoms with Gasteiger partial charge in [0.2, 0.25) is 0 Å². The van der Waals surface area contributed by atoms with Crippen molar-refractivity contribution in [3.63, 3.8) is 0 Å². The van der Waals surface area contributed by atoms with Gasteiger partial charge in [-0.05, 0) is 51.3 Å². The van der Waals surface area contributed by atoms with Crippen molar-refractivity contribution in [3.05, 3.63) is 29.8 Å². The molecule has 0 aliphatic heterocycles. The lowest BCUT2D eigenvalue weighted by atomic mass is 9.79. The number of nitrogen functional groups attached to an aromatic ring is 1. The Morgan fingerprint density at radius 2 is 1.71 bits per heavy atom. The predicted molar refractivity (Wildman–Crippen MR) is 80.8 cm³/mol. The maximum atomic E-state index is 12.4. The Morgan fingerprint density at radius 1 is 1.19 bits per heavy atom. The molecule has 0 saturated heterocycles. The highest BCUT2D eigenvalue weighted by atomic mass is 16.6. The first-order valence-electron chi connectivity index (χ1n) is 6.92. The van der Waals surface area contributed by atoms with Crippen LogP contribution in [0.25, 0.3) is 0 Å². The largest absolute Gasteiger partial charge is 0.480 e. The van der Waals surface area contributed by atoms with Crippen LogP contribution in [0.15, 0.2) is 24.3 Å². The van der Waals surface area contributed by atoms with E-state index in [1.807, 2.05) is 0 Å². The van der Waals surface area contributed by atoms with Crippen LogP contribution >= 0.6 is 0 Å². The number of carbonyl (C=O) groups is 2. The van der Waals surface area contributed by atoms with Gasteiger partial charge in [-0.25, -0.2) is 0 Å². The smallest absolute Gasteiger partial charge is 0.324 e. The molecule has 1 atom stereocenters. The number of carboxylic acid groups (broad SMARTS) is 1. The first-order chi connectivity index (χ1) is 9.60. The minimum atomic E-state index is -1.58. The van der Waals surface area contributed by atoms with Gasteiger partial charge in [-0.15, -0.1) is 0 Å². The lowest BCUT2D eigenvalue weighted by Gasteiger charge is -2.30. The minimum Gasteiger partial charge on any atom is -0.480 e. The maximum absolute atomic E-state index is 12.4. The summed E-state index contributed by atoms with van der Waals surface area (Å²) in [6.45, 7) is 6.83. The lowest BCUT2D eigenvalue weighted by Crippen LogP contribution is -2.44. The molecule has 5 nitrogen and oxygen atoms in total. The van der Waals surface area contributed by atoms with Gasteiger partial charge in [0.1, 0.15) is 5.60 Å². The van der Waals surface area contributed by atoms with Gasteiger partial charge in [0.15, 0.2) is 5.41 Å². The molecular formula is C16H23NO4. The second kappa shape index (κ2) is 6.16. The highest BCUT2D eigenvalue weighted by Gasteiger charge is 2.47. The number of esters is 1. The number of ether oxygens (including phenoxy) is 1. The molecule has 21 heavy (non-hydrogen) atoms. The van der Waals surface area contributed by atoms with Crippen molar-refractivity contribution < 1.29 is 19.4 Å². The van der Waals surface area contributed by atoms with Crippen LogP contribution in [0.5, 0.6) is 0 Å². The van der Waals surface area contributed by atoms with E-state index in [1.165, 1.54) is 0 Å². The van der Waals surface area contributed by atoms with Crippen molar-refractivity contribution in [2.45, 2.75) is 46.1 Å². The third-order valence-electron chi connectivity index (χ3n) is 3.29. The number of carboxylic acids is 1. The first kappa shape index (κ1) is 17.0. The summed E-state index contributed by atoms with van der Waals surface area (Å²) in [6.07, 6.45) is 0.232. The van der Waals surface area contributed by atoms with E-state index in [0.717, 1.165) is 5.56 Å². The van der Waals surface area contributed by atoms with Gasteiger partial charge in [0.05, 0.1) is 0 Å². The number of benzene rings is 1. The summed E-state index contributed by atoms with van der Waals surface area (Å²) in [7, 11) is 0. The molecule has 0 spiro atoms. The SMILES string of the molecule is CC[C@](Cc1ccc(N)cc1)(C(=O)O)C(=O)OC(C)(C)C. The van der Waals surface area contributed by atoms with E-state index in [2.05, 4.69) is 0 Å². The lowest BCUT2D eigenvalue weighted by molar-refractivity contribution is -0.177. The maximum Gasteiger partial charge on any atom is 0.324 e. The Kier molecular flexibility index (Phi) is 4.99. The summed E-state index contributed by atoms with van der Waals surface area (Å²) >= 11 is 0. The average molecular weight is 293 g/mol. The highest BCUT2D eigenvalue weighted by Crippen LogP contribution is 2.31. The normalized spacial score (nSPS) is 14.3. The van der Waals surface area contributed by atoms with E-state index in [1.54, 1.807) is 52.0 Å². The molecule has 3 N–H and O–H groups in total. The quantitative estimate of drug-likeness (QED) is 0.495. The molecule has 1 aromatic carbocycles. The van der Waals surface area contributed by atoms with Gasteiger partial charge in [0, 0.05) is 5.69 Å². The second-order valence-electron chi connectivity index (χ2n) is 6.16. The van der Waals surface area contributed by atoms with Gasteiger partial charge >= 0.3 is 11.9 Å². The summed E-state index contributed by atoms with van der Waals surface area (Å²) in [6, 6.07) is 6.83. The summed E-state index contributed by atoms with van der Waals surface area (Å²) < 4.78 is 5.31. The van der Waals surface area contributed by atoms with E-state index in [0.29, 0.717) is 5.69 Å². The fourth-order valence-corrected chi connectivity index (χ4v) is 2.02. The molecule has 0 radical (unpaired) electrons. The summed E-state index contributed by atoms with van der Waals surface area (Å²) in [5, 5.41) is 9.58. The van der Waals surface area contributed by atoms with Crippen LogP contribution in [-0.2, 0) is 20.7 Å². The molecule has 1 aromatic rings. The van der Waals surface area contributed by atoms with E-state index in [4.69, 9.17) is 10.5 Å². The number of nitrogens with two attached hydrogens (primary N) is 1. The second-order valence-corrected chi connectivity index (χ2v) is 6.16. The van der Waals surface area contributed by atoms with E-state index < -0.39 is 23.0 Å². The zero-order valence-electron chi connectivity index (χ0n) is 13.0. The monoisotopic (exact) mass is 293 g/mol. The van der Waals surface area contributed by atoms with Crippen LogP contribution in [-0.4, -0.2) is 22.6 Å². The number of anilines is 1. The van der Waals surface area contributed by atoms with E-state index in [-0.39, 0.29) is 12.8 Å². The van der Waals surface area contributed by atoms with Crippen molar-refractivity contribution in [2.24, 2.45) is 5.41 Å². The van der Waals surface area contributed by atoms with Crippen molar-refractivity contribution in [1.82, 2.24) is 0 Å². The average Bonchev–Trinajstić information content (AvgIpc) is 2.35. The summed E-state index contributed by atoms with van der Waals surface area (Å²) in [5.74, 6) is -1.88. The topological polar surface area (TPSA) is 89.6 Å². The van der Waals surface area contributed by atoms with E-state index in [9.17, 15) is 14.7 Å². The molecule has 0 amide bonds. The number of hydrogen-bond acceptors (Lipinski definition) is 4. The highest BCUT2D eigenvalue weighted by molar-refractivity contribution is 5.99. The van der Waals surface area contributed by atoms with Crippen LogP contribution in [0, 0.1) is 5.41 Å².